The number of rotatable bonds is 6. The molecule has 0 saturated carbocycles. The van der Waals surface area contributed by atoms with Crippen molar-refractivity contribution < 1.29 is 4.79 Å². The number of hydrogen-bond donors (Lipinski definition) is 0. The lowest BCUT2D eigenvalue weighted by Crippen LogP contribution is -2.42. The quantitative estimate of drug-likeness (QED) is 0.486. The third kappa shape index (κ3) is 5.13. The minimum atomic E-state index is -0.215. The van der Waals surface area contributed by atoms with Crippen molar-refractivity contribution in [3.05, 3.63) is 65.2 Å². The summed E-state index contributed by atoms with van der Waals surface area (Å²) in [5.74, 6) is 1.52. The molecule has 0 spiro atoms. The van der Waals surface area contributed by atoms with E-state index in [1.165, 1.54) is 17.3 Å². The van der Waals surface area contributed by atoms with Gasteiger partial charge in [-0.2, -0.15) is 0 Å². The third-order valence-electron chi connectivity index (χ3n) is 5.87. The molecular weight excluding hydrogens is 428 g/mol. The Morgan fingerprint density at radius 1 is 1.10 bits per heavy atom. The van der Waals surface area contributed by atoms with Crippen LogP contribution in [0.4, 0.5) is 0 Å². The van der Waals surface area contributed by atoms with Crippen LogP contribution in [0.25, 0.3) is 11.4 Å². The first-order chi connectivity index (χ1) is 15.0. The van der Waals surface area contributed by atoms with E-state index in [1.54, 1.807) is 0 Å². The fourth-order valence-electron chi connectivity index (χ4n) is 4.07. The summed E-state index contributed by atoms with van der Waals surface area (Å²) in [6.07, 6.45) is 3.20. The molecule has 1 amide bonds. The smallest absolute Gasteiger partial charge is 0.235 e. The molecule has 3 aromatic rings. The Bertz CT molecular complexity index is 1030. The van der Waals surface area contributed by atoms with Crippen LogP contribution in [0, 0.1) is 5.92 Å². The monoisotopic (exact) mass is 454 g/mol. The second-order valence-corrected chi connectivity index (χ2v) is 9.78. The molecule has 0 N–H and O–H groups in total. The van der Waals surface area contributed by atoms with Gasteiger partial charge < -0.3 is 9.47 Å². The van der Waals surface area contributed by atoms with Crippen LogP contribution in [-0.4, -0.2) is 43.9 Å². The topological polar surface area (TPSA) is 51.0 Å². The van der Waals surface area contributed by atoms with Gasteiger partial charge >= 0.3 is 0 Å². The summed E-state index contributed by atoms with van der Waals surface area (Å²) in [4.78, 5) is 15.0. The van der Waals surface area contributed by atoms with Crippen LogP contribution in [0.1, 0.15) is 25.3 Å². The highest BCUT2D eigenvalue weighted by Gasteiger charge is 2.28. The van der Waals surface area contributed by atoms with E-state index in [1.807, 2.05) is 47.7 Å². The maximum absolute atomic E-state index is 13.0. The molecule has 162 valence electrons. The van der Waals surface area contributed by atoms with E-state index in [-0.39, 0.29) is 11.2 Å². The second kappa shape index (κ2) is 9.88. The van der Waals surface area contributed by atoms with Crippen molar-refractivity contribution in [3.8, 4) is 11.4 Å². The maximum atomic E-state index is 13.0. The fourth-order valence-corrected chi connectivity index (χ4v) is 5.18. The molecule has 5 nitrogen and oxygen atoms in total. The highest BCUT2D eigenvalue weighted by atomic mass is 35.5. The molecule has 1 aliphatic rings. The lowest BCUT2D eigenvalue weighted by atomic mass is 9.90. The molecule has 0 aliphatic carbocycles. The van der Waals surface area contributed by atoms with Gasteiger partial charge in [-0.15, -0.1) is 10.2 Å². The summed E-state index contributed by atoms with van der Waals surface area (Å²) in [5, 5.41) is 9.75. The largest absolute Gasteiger partial charge is 0.342 e. The number of aromatic nitrogens is 3. The average Bonchev–Trinajstić information content (AvgIpc) is 3.14. The number of thioether (sulfide) groups is 1. The maximum Gasteiger partial charge on any atom is 0.235 e. The van der Waals surface area contributed by atoms with Gasteiger partial charge in [0.15, 0.2) is 11.0 Å². The molecular formula is C24H27ClN4OS. The van der Waals surface area contributed by atoms with E-state index in [4.69, 9.17) is 11.6 Å². The van der Waals surface area contributed by atoms with Crippen molar-refractivity contribution in [2.75, 3.05) is 13.1 Å². The Kier molecular flexibility index (Phi) is 6.98. The van der Waals surface area contributed by atoms with Gasteiger partial charge in [-0.25, -0.2) is 0 Å². The van der Waals surface area contributed by atoms with Crippen LogP contribution < -0.4 is 0 Å². The molecule has 1 fully saturated rings. The van der Waals surface area contributed by atoms with Crippen molar-refractivity contribution in [1.29, 1.82) is 0 Å². The summed E-state index contributed by atoms with van der Waals surface area (Å²) in [6, 6.07) is 18.2. The van der Waals surface area contributed by atoms with Gasteiger partial charge in [0.1, 0.15) is 0 Å². The number of halogens is 1. The lowest BCUT2D eigenvalue weighted by Gasteiger charge is -2.33. The first-order valence-electron chi connectivity index (χ1n) is 10.7. The van der Waals surface area contributed by atoms with Gasteiger partial charge in [0.25, 0.3) is 0 Å². The van der Waals surface area contributed by atoms with Crippen LogP contribution in [0.15, 0.2) is 59.8 Å². The van der Waals surface area contributed by atoms with Gasteiger partial charge in [0.2, 0.25) is 5.91 Å². The van der Waals surface area contributed by atoms with E-state index >= 15 is 0 Å². The lowest BCUT2D eigenvalue weighted by molar-refractivity contribution is -0.131. The molecule has 2 heterocycles. The van der Waals surface area contributed by atoms with Crippen molar-refractivity contribution in [1.82, 2.24) is 19.7 Å². The molecule has 1 saturated heterocycles. The van der Waals surface area contributed by atoms with Crippen LogP contribution in [0.5, 0.6) is 0 Å². The van der Waals surface area contributed by atoms with E-state index in [0.29, 0.717) is 16.8 Å². The summed E-state index contributed by atoms with van der Waals surface area (Å²) in [6.45, 7) is 3.60. The molecule has 1 atom stereocenters. The fraction of sp³-hybridized carbons (Fsp3) is 0.375. The van der Waals surface area contributed by atoms with Crippen molar-refractivity contribution in [3.63, 3.8) is 0 Å². The molecule has 1 aromatic heterocycles. The standard InChI is InChI=1S/C24H27ClN4OS/c1-17(31-24-27-26-22(28(24)2)20-10-6-7-11-21(20)25)23(30)29-14-12-19(13-15-29)16-18-8-4-3-5-9-18/h3-11,17,19H,12-16H2,1-2H3. The number of hydrogen-bond acceptors (Lipinski definition) is 4. The van der Waals surface area contributed by atoms with Gasteiger partial charge in [0.05, 0.1) is 10.3 Å². The van der Waals surface area contributed by atoms with Crippen molar-refractivity contribution in [2.24, 2.45) is 13.0 Å². The van der Waals surface area contributed by atoms with Gasteiger partial charge in [-0.3, -0.25) is 4.79 Å². The third-order valence-corrected chi connectivity index (χ3v) is 7.32. The number of nitrogens with zero attached hydrogens (tertiary/aromatic N) is 4. The van der Waals surface area contributed by atoms with E-state index in [0.717, 1.165) is 43.1 Å². The number of amides is 1. The Hall–Kier alpha value is -2.31. The predicted octanol–water partition coefficient (Wildman–Crippen LogP) is 5.10. The summed E-state index contributed by atoms with van der Waals surface area (Å²) in [5.41, 5.74) is 2.22. The highest BCUT2D eigenvalue weighted by molar-refractivity contribution is 8.00. The zero-order valence-electron chi connectivity index (χ0n) is 17.9. The highest BCUT2D eigenvalue weighted by Crippen LogP contribution is 2.31. The molecule has 1 aliphatic heterocycles. The molecule has 7 heteroatoms. The number of benzene rings is 2. The zero-order chi connectivity index (χ0) is 21.8. The number of carbonyl (C=O) groups is 1. The Morgan fingerprint density at radius 3 is 2.48 bits per heavy atom. The Labute approximate surface area is 192 Å². The Balaban J connectivity index is 1.34. The Morgan fingerprint density at radius 2 is 1.77 bits per heavy atom. The SMILES string of the molecule is CC(Sc1nnc(-c2ccccc2Cl)n1C)C(=O)N1CCC(Cc2ccccc2)CC1. The molecule has 1 unspecified atom stereocenters. The summed E-state index contributed by atoms with van der Waals surface area (Å²) in [7, 11) is 1.91. The predicted molar refractivity (Wildman–Crippen MR) is 126 cm³/mol. The first kappa shape index (κ1) is 21.9. The van der Waals surface area contributed by atoms with Gasteiger partial charge in [-0.05, 0) is 49.8 Å². The number of piperidine rings is 1. The molecule has 2 aromatic carbocycles. The molecule has 31 heavy (non-hydrogen) atoms. The van der Waals surface area contributed by atoms with E-state index in [2.05, 4.69) is 40.5 Å². The van der Waals surface area contributed by atoms with Crippen LogP contribution in [-0.2, 0) is 18.3 Å². The number of likely N-dealkylation sites (tertiary alicyclic amines) is 1. The first-order valence-corrected chi connectivity index (χ1v) is 11.9. The van der Waals surface area contributed by atoms with E-state index < -0.39 is 0 Å². The summed E-state index contributed by atoms with van der Waals surface area (Å²) >= 11 is 7.76. The van der Waals surface area contributed by atoms with Gasteiger partial charge in [0, 0.05) is 25.7 Å². The molecule has 0 radical (unpaired) electrons. The minimum absolute atomic E-state index is 0.172. The molecule has 0 bridgehead atoms. The van der Waals surface area contributed by atoms with E-state index in [9.17, 15) is 4.79 Å². The average molecular weight is 455 g/mol. The minimum Gasteiger partial charge on any atom is -0.342 e. The van der Waals surface area contributed by atoms with Crippen LogP contribution >= 0.6 is 23.4 Å². The second-order valence-electron chi connectivity index (χ2n) is 8.06. The normalized spacial score (nSPS) is 15.8. The van der Waals surface area contributed by atoms with Crippen LogP contribution in [0.2, 0.25) is 5.02 Å². The van der Waals surface area contributed by atoms with Gasteiger partial charge in [-0.1, -0.05) is 65.8 Å². The van der Waals surface area contributed by atoms with Crippen molar-refractivity contribution >= 4 is 29.3 Å². The number of carbonyl (C=O) groups excluding carboxylic acids is 1. The van der Waals surface area contributed by atoms with Crippen LogP contribution in [0.3, 0.4) is 0 Å². The molecule has 4 rings (SSSR count). The van der Waals surface area contributed by atoms with Crippen molar-refractivity contribution in [2.45, 2.75) is 36.6 Å². The summed E-state index contributed by atoms with van der Waals surface area (Å²) < 4.78 is 1.90. The zero-order valence-corrected chi connectivity index (χ0v) is 19.4.